The zero-order valence-electron chi connectivity index (χ0n) is 11.7. The maximum Gasteiger partial charge on any atom is 0.0991 e. The topological polar surface area (TPSA) is 62.9 Å². The summed E-state index contributed by atoms with van der Waals surface area (Å²) in [4.78, 5) is 2.28. The minimum atomic E-state index is 0.515. The first-order chi connectivity index (χ1) is 9.26. The maximum absolute atomic E-state index is 8.71. The fourth-order valence-electron chi connectivity index (χ4n) is 1.86. The van der Waals surface area contributed by atoms with Crippen LogP contribution in [-0.4, -0.2) is 38.1 Å². The minimum absolute atomic E-state index is 0.515. The van der Waals surface area contributed by atoms with Gasteiger partial charge >= 0.3 is 0 Å². The van der Waals surface area contributed by atoms with Crippen molar-refractivity contribution >= 4 is 0 Å². The highest BCUT2D eigenvalue weighted by atomic mass is 15.1. The van der Waals surface area contributed by atoms with Gasteiger partial charge in [0.2, 0.25) is 0 Å². The van der Waals surface area contributed by atoms with E-state index in [1.807, 2.05) is 24.3 Å². The second-order valence-electron chi connectivity index (χ2n) is 4.75. The van der Waals surface area contributed by atoms with Gasteiger partial charge in [0.05, 0.1) is 11.6 Å². The van der Waals surface area contributed by atoms with Gasteiger partial charge in [-0.05, 0) is 57.2 Å². The Morgan fingerprint density at radius 2 is 1.89 bits per heavy atom. The summed E-state index contributed by atoms with van der Waals surface area (Å²) >= 11 is 0. The Balaban J connectivity index is 2.08. The van der Waals surface area contributed by atoms with Crippen LogP contribution in [0.25, 0.3) is 0 Å². The molecular weight excluding hydrogens is 236 g/mol. The summed E-state index contributed by atoms with van der Waals surface area (Å²) in [7, 11) is 2.11. The van der Waals surface area contributed by atoms with Crippen molar-refractivity contribution in [2.75, 3.05) is 33.2 Å². The molecule has 0 atom stereocenters. The lowest BCUT2D eigenvalue weighted by molar-refractivity contribution is 0.324. The van der Waals surface area contributed by atoms with Gasteiger partial charge in [0.25, 0.3) is 0 Å². The summed E-state index contributed by atoms with van der Waals surface area (Å²) < 4.78 is 0. The van der Waals surface area contributed by atoms with Crippen LogP contribution in [0.5, 0.6) is 0 Å². The van der Waals surface area contributed by atoms with E-state index in [4.69, 9.17) is 11.0 Å². The Hall–Kier alpha value is -1.41. The van der Waals surface area contributed by atoms with E-state index in [-0.39, 0.29) is 0 Å². The summed E-state index contributed by atoms with van der Waals surface area (Å²) in [5.41, 5.74) is 9.02. The van der Waals surface area contributed by atoms with Crippen LogP contribution in [0.4, 0.5) is 0 Å². The van der Waals surface area contributed by atoms with Crippen LogP contribution in [-0.2, 0) is 6.54 Å². The average Bonchev–Trinajstić information content (AvgIpc) is 2.45. The van der Waals surface area contributed by atoms with Crippen LogP contribution in [0.1, 0.15) is 24.0 Å². The standard InChI is InChI=1S/C15H23N4/c1-19(10-2-8-16)11-3-9-18-13-15-6-4-14(12-17)5-7-15/h4-7,16,18H,2-3,8-11,13H2,1H3. The van der Waals surface area contributed by atoms with E-state index in [0.717, 1.165) is 39.0 Å². The molecule has 0 heterocycles. The highest BCUT2D eigenvalue weighted by Crippen LogP contribution is 2.02. The fraction of sp³-hybridized carbons (Fsp3) is 0.533. The highest BCUT2D eigenvalue weighted by Gasteiger charge is 1.97. The maximum atomic E-state index is 8.71. The molecule has 0 aliphatic rings. The monoisotopic (exact) mass is 259 g/mol. The van der Waals surface area contributed by atoms with E-state index < -0.39 is 0 Å². The normalized spacial score (nSPS) is 10.6. The number of hydrogen-bond donors (Lipinski definition) is 1. The second-order valence-corrected chi connectivity index (χ2v) is 4.75. The summed E-state index contributed by atoms with van der Waals surface area (Å²) in [5.74, 6) is 0. The van der Waals surface area contributed by atoms with Gasteiger partial charge in [-0.15, -0.1) is 0 Å². The summed E-state index contributed by atoms with van der Waals surface area (Å²) in [6.07, 6.45) is 2.07. The molecule has 1 aromatic carbocycles. The van der Waals surface area contributed by atoms with E-state index in [0.29, 0.717) is 12.1 Å². The molecule has 103 valence electrons. The first kappa shape index (κ1) is 15.6. The number of nitriles is 1. The first-order valence-electron chi connectivity index (χ1n) is 6.79. The van der Waals surface area contributed by atoms with E-state index in [1.54, 1.807) is 0 Å². The van der Waals surface area contributed by atoms with Gasteiger partial charge in [-0.1, -0.05) is 12.1 Å². The van der Waals surface area contributed by atoms with Crippen molar-refractivity contribution in [3.8, 4) is 6.07 Å². The molecular formula is C15H23N4. The Morgan fingerprint density at radius 1 is 1.21 bits per heavy atom. The minimum Gasteiger partial charge on any atom is -0.313 e. The van der Waals surface area contributed by atoms with Crippen LogP contribution in [0.3, 0.4) is 0 Å². The summed E-state index contributed by atoms with van der Waals surface area (Å²) in [5, 5.41) is 12.1. The third kappa shape index (κ3) is 6.92. The van der Waals surface area contributed by atoms with Crippen molar-refractivity contribution in [2.24, 2.45) is 0 Å². The van der Waals surface area contributed by atoms with Gasteiger partial charge in [-0.2, -0.15) is 5.26 Å². The van der Waals surface area contributed by atoms with E-state index in [2.05, 4.69) is 23.3 Å². The SMILES string of the molecule is CN(CCC[NH])CCCNCc1ccc(C#N)cc1. The third-order valence-corrected chi connectivity index (χ3v) is 3.02. The Labute approximate surface area is 116 Å². The molecule has 19 heavy (non-hydrogen) atoms. The average molecular weight is 259 g/mol. The molecule has 0 aromatic heterocycles. The number of nitrogens with zero attached hydrogens (tertiary/aromatic N) is 2. The van der Waals surface area contributed by atoms with Crippen molar-refractivity contribution in [1.82, 2.24) is 16.0 Å². The van der Waals surface area contributed by atoms with Crippen LogP contribution in [0, 0.1) is 11.3 Å². The second kappa shape index (κ2) is 9.51. The van der Waals surface area contributed by atoms with Gasteiger partial charge in [0, 0.05) is 13.1 Å². The Bertz CT molecular complexity index is 380. The van der Waals surface area contributed by atoms with Crippen LogP contribution < -0.4 is 11.1 Å². The van der Waals surface area contributed by atoms with E-state index in [9.17, 15) is 0 Å². The Morgan fingerprint density at radius 3 is 2.53 bits per heavy atom. The number of rotatable bonds is 9. The van der Waals surface area contributed by atoms with Crippen LogP contribution in [0.2, 0.25) is 0 Å². The smallest absolute Gasteiger partial charge is 0.0991 e. The number of nitrogens with one attached hydrogen (secondary N) is 2. The molecule has 0 fully saturated rings. The molecule has 1 radical (unpaired) electrons. The van der Waals surface area contributed by atoms with Crippen LogP contribution in [0.15, 0.2) is 24.3 Å². The van der Waals surface area contributed by atoms with Gasteiger partial charge in [0.1, 0.15) is 0 Å². The lowest BCUT2D eigenvalue weighted by Crippen LogP contribution is -2.25. The molecule has 4 nitrogen and oxygen atoms in total. The molecule has 2 N–H and O–H groups in total. The predicted molar refractivity (Wildman–Crippen MR) is 77.6 cm³/mol. The zero-order valence-corrected chi connectivity index (χ0v) is 11.7. The predicted octanol–water partition coefficient (Wildman–Crippen LogP) is 1.64. The van der Waals surface area contributed by atoms with Crippen molar-refractivity contribution < 1.29 is 0 Å². The quantitative estimate of drug-likeness (QED) is 0.686. The largest absolute Gasteiger partial charge is 0.313 e. The van der Waals surface area contributed by atoms with E-state index >= 15 is 0 Å². The summed E-state index contributed by atoms with van der Waals surface area (Å²) in [6, 6.07) is 9.81. The molecule has 0 spiro atoms. The summed E-state index contributed by atoms with van der Waals surface area (Å²) in [6.45, 7) is 4.44. The van der Waals surface area contributed by atoms with Gasteiger partial charge in [0.15, 0.2) is 0 Å². The van der Waals surface area contributed by atoms with Gasteiger partial charge < -0.3 is 10.2 Å². The van der Waals surface area contributed by atoms with Crippen molar-refractivity contribution in [2.45, 2.75) is 19.4 Å². The molecule has 0 unspecified atom stereocenters. The fourth-order valence-corrected chi connectivity index (χ4v) is 1.86. The van der Waals surface area contributed by atoms with Gasteiger partial charge in [-0.25, -0.2) is 0 Å². The molecule has 0 saturated heterocycles. The lowest BCUT2D eigenvalue weighted by atomic mass is 10.1. The molecule has 1 aromatic rings. The Kier molecular flexibility index (Phi) is 7.83. The molecule has 0 aliphatic carbocycles. The van der Waals surface area contributed by atoms with Crippen molar-refractivity contribution in [3.63, 3.8) is 0 Å². The first-order valence-corrected chi connectivity index (χ1v) is 6.79. The van der Waals surface area contributed by atoms with E-state index in [1.165, 1.54) is 5.56 Å². The molecule has 0 amide bonds. The zero-order chi connectivity index (χ0) is 13.9. The van der Waals surface area contributed by atoms with Crippen molar-refractivity contribution in [3.05, 3.63) is 35.4 Å². The lowest BCUT2D eigenvalue weighted by Gasteiger charge is -2.15. The number of benzene rings is 1. The molecule has 0 aliphatic heterocycles. The molecule has 1 rings (SSSR count). The highest BCUT2D eigenvalue weighted by molar-refractivity contribution is 5.31. The third-order valence-electron chi connectivity index (χ3n) is 3.02. The van der Waals surface area contributed by atoms with Gasteiger partial charge in [-0.3, -0.25) is 5.73 Å². The van der Waals surface area contributed by atoms with Crippen molar-refractivity contribution in [1.29, 1.82) is 5.26 Å². The number of hydrogen-bond acceptors (Lipinski definition) is 3. The van der Waals surface area contributed by atoms with Crippen LogP contribution >= 0.6 is 0 Å². The molecule has 0 saturated carbocycles. The molecule has 0 bridgehead atoms. The molecule has 4 heteroatoms.